The van der Waals surface area contributed by atoms with Crippen LogP contribution in [0.2, 0.25) is 0 Å². The lowest BCUT2D eigenvalue weighted by atomic mass is 9.78. The summed E-state index contributed by atoms with van der Waals surface area (Å²) in [6.07, 6.45) is 4.51. The van der Waals surface area contributed by atoms with E-state index in [1.54, 1.807) is 0 Å². The van der Waals surface area contributed by atoms with Crippen LogP contribution in [0.3, 0.4) is 0 Å². The minimum atomic E-state index is -0.609. The van der Waals surface area contributed by atoms with E-state index in [4.69, 9.17) is 0 Å². The van der Waals surface area contributed by atoms with Gasteiger partial charge in [-0.25, -0.2) is 0 Å². The molecule has 0 heterocycles. The highest BCUT2D eigenvalue weighted by Crippen LogP contribution is 2.45. The Balaban J connectivity index is 2.24. The molecule has 2 rings (SSSR count). The predicted molar refractivity (Wildman–Crippen MR) is 77.3 cm³/mol. The molecule has 2 atom stereocenters. The first-order valence-corrected chi connectivity index (χ1v) is 7.26. The molecule has 1 aliphatic rings. The van der Waals surface area contributed by atoms with E-state index >= 15 is 0 Å². The highest BCUT2D eigenvalue weighted by molar-refractivity contribution is 5.75. The number of aryl methyl sites for hydroxylation is 2. The fraction of sp³-hybridized carbons (Fsp3) is 0.588. The number of rotatable bonds is 4. The topological polar surface area (TPSA) is 37.3 Å². The molecular formula is C17H24O2. The standard InChI is InChI=1S/C17H24O2/c1-4-14-5-6-17(10-14,16(18)19)11-15-8-12(2)7-13(3)9-15/h7-9,14H,4-6,10-11H2,1-3H3,(H,18,19). The molecule has 0 amide bonds. The highest BCUT2D eigenvalue weighted by atomic mass is 16.4. The van der Waals surface area contributed by atoms with Crippen LogP contribution in [0.4, 0.5) is 0 Å². The van der Waals surface area contributed by atoms with Crippen molar-refractivity contribution in [1.29, 1.82) is 0 Å². The molecular weight excluding hydrogens is 236 g/mol. The lowest BCUT2D eigenvalue weighted by Gasteiger charge is -2.25. The zero-order chi connectivity index (χ0) is 14.0. The minimum Gasteiger partial charge on any atom is -0.481 e. The largest absolute Gasteiger partial charge is 0.481 e. The first-order valence-electron chi connectivity index (χ1n) is 7.26. The van der Waals surface area contributed by atoms with Gasteiger partial charge in [-0.15, -0.1) is 0 Å². The van der Waals surface area contributed by atoms with Crippen LogP contribution < -0.4 is 0 Å². The fourth-order valence-electron chi connectivity index (χ4n) is 3.58. The summed E-state index contributed by atoms with van der Waals surface area (Å²) in [6, 6.07) is 6.41. The van der Waals surface area contributed by atoms with Crippen molar-refractivity contribution in [1.82, 2.24) is 0 Å². The Bertz CT molecular complexity index is 458. The van der Waals surface area contributed by atoms with Crippen molar-refractivity contribution in [3.8, 4) is 0 Å². The number of aliphatic carboxylic acids is 1. The van der Waals surface area contributed by atoms with Gasteiger partial charge in [0.25, 0.3) is 0 Å². The molecule has 1 aromatic rings. The smallest absolute Gasteiger partial charge is 0.309 e. The number of hydrogen-bond donors (Lipinski definition) is 1. The molecule has 19 heavy (non-hydrogen) atoms. The zero-order valence-corrected chi connectivity index (χ0v) is 12.2. The Morgan fingerprint density at radius 3 is 2.42 bits per heavy atom. The van der Waals surface area contributed by atoms with Gasteiger partial charge in [0.2, 0.25) is 0 Å². The van der Waals surface area contributed by atoms with Crippen LogP contribution in [0.5, 0.6) is 0 Å². The molecule has 0 aromatic heterocycles. The zero-order valence-electron chi connectivity index (χ0n) is 12.2. The normalized spacial score (nSPS) is 26.6. The lowest BCUT2D eigenvalue weighted by Crippen LogP contribution is -2.30. The highest BCUT2D eigenvalue weighted by Gasteiger charge is 2.44. The SMILES string of the molecule is CCC1CCC(Cc2cc(C)cc(C)c2)(C(=O)O)C1. The third-order valence-electron chi connectivity index (χ3n) is 4.57. The number of carboxylic acid groups (broad SMARTS) is 1. The Morgan fingerprint density at radius 1 is 1.32 bits per heavy atom. The lowest BCUT2D eigenvalue weighted by molar-refractivity contribution is -0.148. The van der Waals surface area contributed by atoms with Crippen LogP contribution in [0.25, 0.3) is 0 Å². The summed E-state index contributed by atoms with van der Waals surface area (Å²) in [5.41, 5.74) is 3.10. The van der Waals surface area contributed by atoms with Crippen LogP contribution in [0.1, 0.15) is 49.3 Å². The van der Waals surface area contributed by atoms with Gasteiger partial charge in [-0.2, -0.15) is 0 Å². The van der Waals surface area contributed by atoms with E-state index in [1.165, 1.54) is 16.7 Å². The number of carboxylic acids is 1. The van der Waals surface area contributed by atoms with Crippen LogP contribution in [0.15, 0.2) is 18.2 Å². The number of hydrogen-bond acceptors (Lipinski definition) is 1. The molecule has 2 heteroatoms. The van der Waals surface area contributed by atoms with E-state index < -0.39 is 11.4 Å². The summed E-state index contributed by atoms with van der Waals surface area (Å²) in [7, 11) is 0. The van der Waals surface area contributed by atoms with Gasteiger partial charge in [0.15, 0.2) is 0 Å². The Kier molecular flexibility index (Phi) is 3.98. The van der Waals surface area contributed by atoms with E-state index in [0.29, 0.717) is 12.3 Å². The van der Waals surface area contributed by atoms with Gasteiger partial charge in [-0.1, -0.05) is 42.7 Å². The summed E-state index contributed by atoms with van der Waals surface area (Å²) in [4.78, 5) is 11.8. The van der Waals surface area contributed by atoms with Crippen LogP contribution >= 0.6 is 0 Å². The average molecular weight is 260 g/mol. The molecule has 2 nitrogen and oxygen atoms in total. The maximum atomic E-state index is 11.8. The summed E-state index contributed by atoms with van der Waals surface area (Å²) in [5.74, 6) is -0.0235. The molecule has 0 bridgehead atoms. The van der Waals surface area contributed by atoms with Gasteiger partial charge in [0, 0.05) is 0 Å². The molecule has 0 radical (unpaired) electrons. The van der Waals surface area contributed by atoms with Crippen molar-refractivity contribution < 1.29 is 9.90 Å². The summed E-state index contributed by atoms with van der Waals surface area (Å²) < 4.78 is 0. The number of benzene rings is 1. The fourth-order valence-corrected chi connectivity index (χ4v) is 3.58. The predicted octanol–water partition coefficient (Wildman–Crippen LogP) is 4.13. The summed E-state index contributed by atoms with van der Waals surface area (Å²) >= 11 is 0. The van der Waals surface area contributed by atoms with E-state index in [1.807, 2.05) is 0 Å². The maximum Gasteiger partial charge on any atom is 0.309 e. The quantitative estimate of drug-likeness (QED) is 0.884. The first kappa shape index (κ1) is 14.1. The van der Waals surface area contributed by atoms with Crippen molar-refractivity contribution in [3.63, 3.8) is 0 Å². The molecule has 0 aliphatic heterocycles. The van der Waals surface area contributed by atoms with Gasteiger partial charge in [-0.05, 0) is 51.0 Å². The molecule has 1 fully saturated rings. The van der Waals surface area contributed by atoms with Gasteiger partial charge in [0.05, 0.1) is 5.41 Å². The summed E-state index contributed by atoms with van der Waals surface area (Å²) in [5, 5.41) is 9.68. The molecule has 1 saturated carbocycles. The van der Waals surface area contributed by atoms with Crippen molar-refractivity contribution in [2.24, 2.45) is 11.3 Å². The third kappa shape index (κ3) is 2.99. The molecule has 104 valence electrons. The second-order valence-electron chi connectivity index (χ2n) is 6.28. The Hall–Kier alpha value is -1.31. The molecule has 0 spiro atoms. The maximum absolute atomic E-state index is 11.8. The van der Waals surface area contributed by atoms with Crippen molar-refractivity contribution >= 4 is 5.97 Å². The molecule has 0 saturated heterocycles. The van der Waals surface area contributed by atoms with Crippen LogP contribution in [-0.4, -0.2) is 11.1 Å². The van der Waals surface area contributed by atoms with Crippen molar-refractivity contribution in [2.75, 3.05) is 0 Å². The summed E-state index contributed by atoms with van der Waals surface area (Å²) in [6.45, 7) is 6.32. The van der Waals surface area contributed by atoms with E-state index in [2.05, 4.69) is 39.0 Å². The van der Waals surface area contributed by atoms with Gasteiger partial charge in [-0.3, -0.25) is 4.79 Å². The van der Waals surface area contributed by atoms with Gasteiger partial charge < -0.3 is 5.11 Å². The third-order valence-corrected chi connectivity index (χ3v) is 4.57. The molecule has 1 aromatic carbocycles. The number of carbonyl (C=O) groups is 1. The van der Waals surface area contributed by atoms with Crippen LogP contribution in [0, 0.1) is 25.2 Å². The second-order valence-corrected chi connectivity index (χ2v) is 6.28. The van der Waals surface area contributed by atoms with Crippen molar-refractivity contribution in [3.05, 3.63) is 34.9 Å². The Morgan fingerprint density at radius 2 is 1.95 bits per heavy atom. The van der Waals surface area contributed by atoms with Crippen LogP contribution in [-0.2, 0) is 11.2 Å². The van der Waals surface area contributed by atoms with E-state index in [0.717, 1.165) is 25.7 Å². The van der Waals surface area contributed by atoms with Gasteiger partial charge in [0.1, 0.15) is 0 Å². The molecule has 2 unspecified atom stereocenters. The van der Waals surface area contributed by atoms with E-state index in [9.17, 15) is 9.90 Å². The Labute approximate surface area is 115 Å². The minimum absolute atomic E-state index is 0.527. The molecule has 1 N–H and O–H groups in total. The first-order chi connectivity index (χ1) is 8.95. The molecule has 1 aliphatic carbocycles. The monoisotopic (exact) mass is 260 g/mol. The second kappa shape index (κ2) is 5.36. The van der Waals surface area contributed by atoms with Crippen molar-refractivity contribution in [2.45, 2.75) is 52.9 Å². The van der Waals surface area contributed by atoms with Gasteiger partial charge >= 0.3 is 5.97 Å². The average Bonchev–Trinajstić information content (AvgIpc) is 2.72. The van der Waals surface area contributed by atoms with E-state index in [-0.39, 0.29) is 0 Å².